The highest BCUT2D eigenvalue weighted by Gasteiger charge is 2.28. The molecule has 1 saturated heterocycles. The van der Waals surface area contributed by atoms with Crippen molar-refractivity contribution in [2.45, 2.75) is 18.9 Å². The lowest BCUT2D eigenvalue weighted by atomic mass is 10.1. The molecule has 1 aliphatic rings. The standard InChI is InChI=1S/C14H19N3O4/c1-15-12-7-3-6-11(13(12)17(19)20)14(18)16(2)9-10-5-4-8-21-10/h3,6-7,10,15H,4-5,8-9H2,1-2H3. The van der Waals surface area contributed by atoms with E-state index in [0.29, 0.717) is 18.8 Å². The van der Waals surface area contributed by atoms with Crippen LogP contribution in [-0.4, -0.2) is 49.1 Å². The van der Waals surface area contributed by atoms with Crippen molar-refractivity contribution in [3.8, 4) is 0 Å². The molecule has 1 aromatic rings. The Morgan fingerprint density at radius 1 is 1.57 bits per heavy atom. The molecule has 7 heteroatoms. The van der Waals surface area contributed by atoms with Crippen molar-refractivity contribution < 1.29 is 14.5 Å². The predicted molar refractivity (Wildman–Crippen MR) is 78.6 cm³/mol. The Balaban J connectivity index is 2.23. The van der Waals surface area contributed by atoms with Crippen LogP contribution in [0.2, 0.25) is 0 Å². The third-order valence-corrected chi connectivity index (χ3v) is 3.57. The van der Waals surface area contributed by atoms with Gasteiger partial charge in [-0.3, -0.25) is 14.9 Å². The number of carbonyl (C=O) groups excluding carboxylic acids is 1. The van der Waals surface area contributed by atoms with E-state index in [1.165, 1.54) is 11.0 Å². The van der Waals surface area contributed by atoms with E-state index in [0.717, 1.165) is 12.8 Å². The molecule has 0 aliphatic carbocycles. The van der Waals surface area contributed by atoms with E-state index in [4.69, 9.17) is 4.74 Å². The molecule has 1 aromatic carbocycles. The minimum Gasteiger partial charge on any atom is -0.383 e. The van der Waals surface area contributed by atoms with Gasteiger partial charge in [0.05, 0.1) is 11.0 Å². The van der Waals surface area contributed by atoms with Crippen LogP contribution in [0.15, 0.2) is 18.2 Å². The average molecular weight is 293 g/mol. The first kappa shape index (κ1) is 15.2. The topological polar surface area (TPSA) is 84.7 Å². The summed E-state index contributed by atoms with van der Waals surface area (Å²) in [6.45, 7) is 1.15. The van der Waals surface area contributed by atoms with Crippen LogP contribution in [0.25, 0.3) is 0 Å². The number of hydrogen-bond acceptors (Lipinski definition) is 5. The van der Waals surface area contributed by atoms with Gasteiger partial charge in [-0.05, 0) is 25.0 Å². The number of rotatable bonds is 5. The summed E-state index contributed by atoms with van der Waals surface area (Å²) in [4.78, 5) is 24.7. The molecule has 1 unspecified atom stereocenters. The Morgan fingerprint density at radius 2 is 2.33 bits per heavy atom. The van der Waals surface area contributed by atoms with Gasteiger partial charge in [0.25, 0.3) is 5.91 Å². The number of amides is 1. The largest absolute Gasteiger partial charge is 0.383 e. The van der Waals surface area contributed by atoms with Crippen molar-refractivity contribution in [1.82, 2.24) is 4.90 Å². The summed E-state index contributed by atoms with van der Waals surface area (Å²) in [5, 5.41) is 14.0. The maximum Gasteiger partial charge on any atom is 0.305 e. The Hall–Kier alpha value is -2.15. The third-order valence-electron chi connectivity index (χ3n) is 3.57. The number of nitrogens with zero attached hydrogens (tertiary/aromatic N) is 2. The van der Waals surface area contributed by atoms with E-state index in [2.05, 4.69) is 5.32 Å². The summed E-state index contributed by atoms with van der Waals surface area (Å²) in [5.74, 6) is -0.366. The number of benzene rings is 1. The molecule has 1 heterocycles. The number of nitrogens with one attached hydrogen (secondary N) is 1. The van der Waals surface area contributed by atoms with Gasteiger partial charge < -0.3 is 15.0 Å². The molecule has 1 fully saturated rings. The zero-order valence-corrected chi connectivity index (χ0v) is 12.2. The van der Waals surface area contributed by atoms with Crippen LogP contribution in [0.4, 0.5) is 11.4 Å². The zero-order chi connectivity index (χ0) is 15.4. The number of likely N-dealkylation sites (N-methyl/N-ethyl adjacent to an activating group) is 1. The monoisotopic (exact) mass is 293 g/mol. The van der Waals surface area contributed by atoms with Crippen molar-refractivity contribution >= 4 is 17.3 Å². The second-order valence-corrected chi connectivity index (χ2v) is 5.03. The second kappa shape index (κ2) is 6.53. The number of nitro benzene ring substituents is 1. The fraction of sp³-hybridized carbons (Fsp3) is 0.500. The molecule has 1 N–H and O–H groups in total. The van der Waals surface area contributed by atoms with E-state index in [-0.39, 0.29) is 23.3 Å². The van der Waals surface area contributed by atoms with E-state index in [9.17, 15) is 14.9 Å². The highest BCUT2D eigenvalue weighted by Crippen LogP contribution is 2.29. The fourth-order valence-corrected chi connectivity index (χ4v) is 2.50. The first-order chi connectivity index (χ1) is 10.0. The number of hydrogen-bond donors (Lipinski definition) is 1. The number of ether oxygens (including phenoxy) is 1. The molecule has 1 aliphatic heterocycles. The molecule has 2 rings (SSSR count). The first-order valence-electron chi connectivity index (χ1n) is 6.86. The number of carbonyl (C=O) groups is 1. The van der Waals surface area contributed by atoms with Crippen molar-refractivity contribution in [3.63, 3.8) is 0 Å². The van der Waals surface area contributed by atoms with Crippen molar-refractivity contribution in [2.75, 3.05) is 32.6 Å². The lowest BCUT2D eigenvalue weighted by Crippen LogP contribution is -2.34. The number of anilines is 1. The van der Waals surface area contributed by atoms with Crippen molar-refractivity contribution in [2.24, 2.45) is 0 Å². The molecule has 0 bridgehead atoms. The molecule has 0 saturated carbocycles. The van der Waals surface area contributed by atoms with Gasteiger partial charge in [-0.1, -0.05) is 6.07 Å². The number of para-hydroxylation sites is 1. The quantitative estimate of drug-likeness (QED) is 0.662. The lowest BCUT2D eigenvalue weighted by Gasteiger charge is -2.21. The predicted octanol–water partition coefficient (Wildman–Crippen LogP) is 1.89. The van der Waals surface area contributed by atoms with Crippen LogP contribution in [0.3, 0.4) is 0 Å². The summed E-state index contributed by atoms with van der Waals surface area (Å²) in [6, 6.07) is 4.69. The molecular weight excluding hydrogens is 274 g/mol. The summed E-state index contributed by atoms with van der Waals surface area (Å²) >= 11 is 0. The average Bonchev–Trinajstić information content (AvgIpc) is 2.98. The molecule has 21 heavy (non-hydrogen) atoms. The van der Waals surface area contributed by atoms with Gasteiger partial charge in [0.1, 0.15) is 11.3 Å². The maximum absolute atomic E-state index is 12.5. The highest BCUT2D eigenvalue weighted by molar-refractivity contribution is 6.00. The smallest absolute Gasteiger partial charge is 0.305 e. The van der Waals surface area contributed by atoms with Gasteiger partial charge in [-0.2, -0.15) is 0 Å². The van der Waals surface area contributed by atoms with E-state index >= 15 is 0 Å². The molecule has 114 valence electrons. The zero-order valence-electron chi connectivity index (χ0n) is 12.2. The third kappa shape index (κ3) is 3.30. The maximum atomic E-state index is 12.5. The summed E-state index contributed by atoms with van der Waals surface area (Å²) in [6.07, 6.45) is 1.92. The van der Waals surface area contributed by atoms with E-state index in [1.54, 1.807) is 26.2 Å². The van der Waals surface area contributed by atoms with Gasteiger partial charge in [0.15, 0.2) is 0 Å². The SMILES string of the molecule is CNc1cccc(C(=O)N(C)CC2CCCO2)c1[N+](=O)[O-]. The minimum atomic E-state index is -0.529. The molecule has 1 amide bonds. The van der Waals surface area contributed by atoms with E-state index in [1.807, 2.05) is 0 Å². The molecule has 0 aromatic heterocycles. The van der Waals surface area contributed by atoms with Crippen molar-refractivity contribution in [1.29, 1.82) is 0 Å². The lowest BCUT2D eigenvalue weighted by molar-refractivity contribution is -0.384. The van der Waals surface area contributed by atoms with Crippen LogP contribution in [0.1, 0.15) is 23.2 Å². The Kier molecular flexibility index (Phi) is 4.74. The van der Waals surface area contributed by atoms with Gasteiger partial charge in [0, 0.05) is 27.2 Å². The van der Waals surface area contributed by atoms with Crippen LogP contribution < -0.4 is 5.32 Å². The van der Waals surface area contributed by atoms with Crippen LogP contribution in [0, 0.1) is 10.1 Å². The number of nitro groups is 1. The highest BCUT2D eigenvalue weighted by atomic mass is 16.6. The Labute approximate surface area is 123 Å². The summed E-state index contributed by atoms with van der Waals surface area (Å²) in [5.41, 5.74) is 0.230. The van der Waals surface area contributed by atoms with Crippen molar-refractivity contribution in [3.05, 3.63) is 33.9 Å². The second-order valence-electron chi connectivity index (χ2n) is 5.03. The molecule has 1 atom stereocenters. The summed E-state index contributed by atoms with van der Waals surface area (Å²) in [7, 11) is 3.23. The first-order valence-corrected chi connectivity index (χ1v) is 6.86. The molecule has 0 radical (unpaired) electrons. The Bertz CT molecular complexity index is 541. The van der Waals surface area contributed by atoms with E-state index < -0.39 is 4.92 Å². The van der Waals surface area contributed by atoms with Crippen LogP contribution >= 0.6 is 0 Å². The van der Waals surface area contributed by atoms with Gasteiger partial charge in [0.2, 0.25) is 0 Å². The summed E-state index contributed by atoms with van der Waals surface area (Å²) < 4.78 is 5.49. The minimum absolute atomic E-state index is 0.0190. The van der Waals surface area contributed by atoms with Gasteiger partial charge in [-0.25, -0.2) is 0 Å². The van der Waals surface area contributed by atoms with Gasteiger partial charge in [-0.15, -0.1) is 0 Å². The molecule has 7 nitrogen and oxygen atoms in total. The molecule has 0 spiro atoms. The fourth-order valence-electron chi connectivity index (χ4n) is 2.50. The van der Waals surface area contributed by atoms with Crippen LogP contribution in [-0.2, 0) is 4.74 Å². The van der Waals surface area contributed by atoms with Crippen LogP contribution in [0.5, 0.6) is 0 Å². The molecular formula is C14H19N3O4. The van der Waals surface area contributed by atoms with Gasteiger partial charge >= 0.3 is 5.69 Å². The normalized spacial score (nSPS) is 17.5. The Morgan fingerprint density at radius 3 is 2.90 bits per heavy atom.